The molecule has 1 aromatic carbocycles. The normalized spacial score (nSPS) is 39.2. The lowest BCUT2D eigenvalue weighted by atomic mass is 9.79. The van der Waals surface area contributed by atoms with Crippen molar-refractivity contribution in [1.29, 1.82) is 0 Å². The first-order chi connectivity index (χ1) is 11.9. The monoisotopic (exact) mass is 346 g/mol. The van der Waals surface area contributed by atoms with Crippen LogP contribution in [0.5, 0.6) is 0 Å². The topological polar surface area (TPSA) is 36.9 Å². The molecule has 4 nitrogen and oxygen atoms in total. The van der Waals surface area contributed by atoms with Crippen molar-refractivity contribution in [3.63, 3.8) is 0 Å². The maximum atomic E-state index is 6.45. The van der Waals surface area contributed by atoms with Crippen LogP contribution in [0.4, 0.5) is 0 Å². The molecular formula is C21H30O4. The van der Waals surface area contributed by atoms with Gasteiger partial charge in [0.2, 0.25) is 0 Å². The molecule has 0 unspecified atom stereocenters. The van der Waals surface area contributed by atoms with Crippen molar-refractivity contribution >= 4 is 0 Å². The van der Waals surface area contributed by atoms with E-state index in [0.29, 0.717) is 5.92 Å². The third-order valence-electron chi connectivity index (χ3n) is 5.95. The van der Waals surface area contributed by atoms with Crippen LogP contribution in [0, 0.1) is 13.8 Å². The Labute approximate surface area is 150 Å². The van der Waals surface area contributed by atoms with Gasteiger partial charge in [0.15, 0.2) is 12.1 Å². The molecule has 3 aliphatic rings. The fourth-order valence-electron chi connectivity index (χ4n) is 4.67. The molecule has 3 fully saturated rings. The Morgan fingerprint density at radius 3 is 2.60 bits per heavy atom. The molecule has 138 valence electrons. The van der Waals surface area contributed by atoms with Crippen molar-refractivity contribution in [3.8, 4) is 0 Å². The van der Waals surface area contributed by atoms with E-state index in [1.807, 2.05) is 13.8 Å². The molecule has 0 aliphatic carbocycles. The molecule has 0 spiro atoms. The third-order valence-corrected chi connectivity index (χ3v) is 5.95. The molecule has 25 heavy (non-hydrogen) atoms. The summed E-state index contributed by atoms with van der Waals surface area (Å²) in [5.74, 6) is -0.271. The van der Waals surface area contributed by atoms with Gasteiger partial charge >= 0.3 is 0 Å². The second kappa shape index (κ2) is 6.34. The second-order valence-electron chi connectivity index (χ2n) is 8.21. The molecule has 0 N–H and O–H groups in total. The van der Waals surface area contributed by atoms with Gasteiger partial charge in [0.05, 0.1) is 12.2 Å². The summed E-state index contributed by atoms with van der Waals surface area (Å²) in [6.07, 6.45) is 2.95. The maximum Gasteiger partial charge on any atom is 0.190 e. The van der Waals surface area contributed by atoms with Crippen molar-refractivity contribution in [3.05, 3.63) is 34.9 Å². The van der Waals surface area contributed by atoms with Gasteiger partial charge in [0.25, 0.3) is 0 Å². The zero-order valence-corrected chi connectivity index (χ0v) is 16.0. The molecule has 3 saturated heterocycles. The lowest BCUT2D eigenvalue weighted by Gasteiger charge is -2.40. The van der Waals surface area contributed by atoms with Crippen molar-refractivity contribution in [2.24, 2.45) is 0 Å². The van der Waals surface area contributed by atoms with Crippen molar-refractivity contribution in [2.75, 3.05) is 0 Å². The van der Waals surface area contributed by atoms with Gasteiger partial charge < -0.3 is 18.9 Å². The van der Waals surface area contributed by atoms with Crippen molar-refractivity contribution in [2.45, 2.75) is 96.3 Å². The van der Waals surface area contributed by atoms with Crippen LogP contribution >= 0.6 is 0 Å². The van der Waals surface area contributed by atoms with E-state index < -0.39 is 5.79 Å². The van der Waals surface area contributed by atoms with Crippen LogP contribution in [0.15, 0.2) is 18.2 Å². The molecule has 0 amide bonds. The minimum absolute atomic E-state index is 0.000272. The Bertz CT molecular complexity index is 641. The number of benzene rings is 1. The molecular weight excluding hydrogens is 316 g/mol. The van der Waals surface area contributed by atoms with Crippen LogP contribution < -0.4 is 0 Å². The Hall–Kier alpha value is -0.940. The molecule has 0 radical (unpaired) electrons. The van der Waals surface area contributed by atoms with Crippen LogP contribution in [0.3, 0.4) is 0 Å². The molecule has 0 bridgehead atoms. The van der Waals surface area contributed by atoms with Crippen LogP contribution in [-0.2, 0) is 18.9 Å². The quantitative estimate of drug-likeness (QED) is 0.821. The number of aryl methyl sites for hydroxylation is 1. The highest BCUT2D eigenvalue weighted by Crippen LogP contribution is 2.48. The van der Waals surface area contributed by atoms with Gasteiger partial charge in [-0.1, -0.05) is 31.5 Å². The number of hydrogen-bond donors (Lipinski definition) is 0. The average Bonchev–Trinajstić information content (AvgIpc) is 3.02. The molecule has 0 aromatic heterocycles. The highest BCUT2D eigenvalue weighted by atomic mass is 16.8. The van der Waals surface area contributed by atoms with Crippen molar-refractivity contribution in [1.82, 2.24) is 0 Å². The molecule has 0 saturated carbocycles. The molecule has 4 heteroatoms. The van der Waals surface area contributed by atoms with E-state index in [1.165, 1.54) is 16.7 Å². The van der Waals surface area contributed by atoms with Gasteiger partial charge in [-0.05, 0) is 57.2 Å². The summed E-state index contributed by atoms with van der Waals surface area (Å²) >= 11 is 0. The van der Waals surface area contributed by atoms with Crippen LogP contribution in [0.25, 0.3) is 0 Å². The summed E-state index contributed by atoms with van der Waals surface area (Å²) < 4.78 is 24.9. The SMILES string of the molecule is CCC[C@H]1C[C@@H](c2cccc(C)c2C)[C@H]2O[C@@H]3OC(C)(C)O[C@@H]3[C@H]2O1. The maximum absolute atomic E-state index is 6.45. The van der Waals surface area contributed by atoms with Gasteiger partial charge in [-0.25, -0.2) is 0 Å². The zero-order valence-electron chi connectivity index (χ0n) is 16.0. The number of ether oxygens (including phenoxy) is 4. The van der Waals surface area contributed by atoms with Gasteiger partial charge in [-0.15, -0.1) is 0 Å². The van der Waals surface area contributed by atoms with Crippen molar-refractivity contribution < 1.29 is 18.9 Å². The largest absolute Gasteiger partial charge is 0.369 e. The Balaban J connectivity index is 1.66. The highest BCUT2D eigenvalue weighted by molar-refractivity contribution is 5.37. The fourth-order valence-corrected chi connectivity index (χ4v) is 4.67. The second-order valence-corrected chi connectivity index (χ2v) is 8.21. The van der Waals surface area contributed by atoms with E-state index in [9.17, 15) is 0 Å². The lowest BCUT2D eigenvalue weighted by Crippen LogP contribution is -2.47. The number of fused-ring (bicyclic) bond motifs is 3. The summed E-state index contributed by atoms with van der Waals surface area (Å²) in [7, 11) is 0. The predicted octanol–water partition coefficient (Wildman–Crippen LogP) is 4.22. The Kier molecular flexibility index (Phi) is 4.43. The number of hydrogen-bond acceptors (Lipinski definition) is 4. The minimum Gasteiger partial charge on any atom is -0.369 e. The van der Waals surface area contributed by atoms with Gasteiger partial charge in [0, 0.05) is 5.92 Å². The third kappa shape index (κ3) is 3.03. The van der Waals surface area contributed by atoms with Crippen LogP contribution in [0.1, 0.15) is 62.6 Å². The summed E-state index contributed by atoms with van der Waals surface area (Å²) in [5.41, 5.74) is 4.09. The van der Waals surface area contributed by atoms with Gasteiger partial charge in [-0.3, -0.25) is 0 Å². The fraction of sp³-hybridized carbons (Fsp3) is 0.714. The van der Waals surface area contributed by atoms with Gasteiger partial charge in [0.1, 0.15) is 12.2 Å². The van der Waals surface area contributed by atoms with E-state index in [2.05, 4.69) is 39.0 Å². The van der Waals surface area contributed by atoms with E-state index in [4.69, 9.17) is 18.9 Å². The van der Waals surface area contributed by atoms with Crippen LogP contribution in [0.2, 0.25) is 0 Å². The Morgan fingerprint density at radius 1 is 1.04 bits per heavy atom. The van der Waals surface area contributed by atoms with E-state index >= 15 is 0 Å². The average molecular weight is 346 g/mol. The first-order valence-electron chi connectivity index (χ1n) is 9.62. The first-order valence-corrected chi connectivity index (χ1v) is 9.62. The number of rotatable bonds is 3. The van der Waals surface area contributed by atoms with E-state index in [1.54, 1.807) is 0 Å². The summed E-state index contributed by atoms with van der Waals surface area (Å²) in [6.45, 7) is 10.5. The zero-order chi connectivity index (χ0) is 17.8. The summed E-state index contributed by atoms with van der Waals surface area (Å²) in [6, 6.07) is 6.59. The highest BCUT2D eigenvalue weighted by Gasteiger charge is 2.59. The Morgan fingerprint density at radius 2 is 1.84 bits per heavy atom. The molecule has 3 heterocycles. The minimum atomic E-state index is -0.601. The van der Waals surface area contributed by atoms with Crippen LogP contribution in [-0.4, -0.2) is 36.5 Å². The van der Waals surface area contributed by atoms with E-state index in [-0.39, 0.29) is 30.7 Å². The van der Waals surface area contributed by atoms with Gasteiger partial charge in [-0.2, -0.15) is 0 Å². The molecule has 6 atom stereocenters. The first kappa shape index (κ1) is 17.5. The predicted molar refractivity (Wildman–Crippen MR) is 95.5 cm³/mol. The molecule has 3 aliphatic heterocycles. The summed E-state index contributed by atoms with van der Waals surface area (Å²) in [4.78, 5) is 0. The lowest BCUT2D eigenvalue weighted by molar-refractivity contribution is -0.234. The smallest absolute Gasteiger partial charge is 0.190 e. The molecule has 4 rings (SSSR count). The van der Waals surface area contributed by atoms with E-state index in [0.717, 1.165) is 19.3 Å². The summed E-state index contributed by atoms with van der Waals surface area (Å²) in [5, 5.41) is 0. The standard InChI is InChI=1S/C21H30O4/c1-6-8-14-11-16(15-10-7-9-12(2)13(15)3)17-18(22-14)19-20(23-17)25-21(4,5)24-19/h7,9-10,14,16-20H,6,8,11H2,1-5H3/t14-,16-,17+,18-,19+,20+/m0/s1. The molecule has 1 aromatic rings.